The van der Waals surface area contributed by atoms with E-state index >= 15 is 0 Å². The zero-order chi connectivity index (χ0) is 14.5. The standard InChI is InChI=1S/C15H18N2O3/c1-10(2)8-9-20-15-12(14(19)17-15)16-13(18)11-6-4-3-5-7-11/h3-8,12,15H,9H2,1-2H3,(H,16,18)(H,17,19)/t12-,15+/m0/s1. The molecule has 20 heavy (non-hydrogen) atoms. The van der Waals surface area contributed by atoms with E-state index in [4.69, 9.17) is 4.74 Å². The molecular formula is C15H18N2O3. The highest BCUT2D eigenvalue weighted by Crippen LogP contribution is 2.10. The summed E-state index contributed by atoms with van der Waals surface area (Å²) in [6, 6.07) is 8.15. The fourth-order valence-corrected chi connectivity index (χ4v) is 1.77. The number of allylic oxidation sites excluding steroid dienone is 1. The van der Waals surface area contributed by atoms with Crippen molar-refractivity contribution in [2.45, 2.75) is 26.1 Å². The van der Waals surface area contributed by atoms with Gasteiger partial charge in [0, 0.05) is 5.56 Å². The molecule has 1 aliphatic heterocycles. The lowest BCUT2D eigenvalue weighted by Gasteiger charge is -2.36. The van der Waals surface area contributed by atoms with E-state index < -0.39 is 12.3 Å². The van der Waals surface area contributed by atoms with Crippen molar-refractivity contribution in [3.05, 3.63) is 47.5 Å². The van der Waals surface area contributed by atoms with Crippen LogP contribution >= 0.6 is 0 Å². The molecule has 0 spiro atoms. The first-order chi connectivity index (χ1) is 9.58. The number of benzene rings is 1. The van der Waals surface area contributed by atoms with Crippen LogP contribution in [0.4, 0.5) is 0 Å². The lowest BCUT2D eigenvalue weighted by Crippen LogP contribution is -2.70. The summed E-state index contributed by atoms with van der Waals surface area (Å²) in [4.78, 5) is 23.4. The highest BCUT2D eigenvalue weighted by Gasteiger charge is 2.41. The number of rotatable bonds is 5. The molecule has 5 heteroatoms. The molecule has 1 aliphatic rings. The summed E-state index contributed by atoms with van der Waals surface area (Å²) in [5.74, 6) is -0.502. The van der Waals surface area contributed by atoms with Crippen molar-refractivity contribution in [1.82, 2.24) is 10.6 Å². The Bertz CT molecular complexity index is 521. The van der Waals surface area contributed by atoms with Crippen LogP contribution in [-0.4, -0.2) is 30.7 Å². The van der Waals surface area contributed by atoms with Crippen LogP contribution < -0.4 is 10.6 Å². The second kappa shape index (κ2) is 6.34. The van der Waals surface area contributed by atoms with Gasteiger partial charge in [-0.15, -0.1) is 0 Å². The van der Waals surface area contributed by atoms with Crippen LogP contribution in [0.2, 0.25) is 0 Å². The van der Waals surface area contributed by atoms with Crippen molar-refractivity contribution in [2.24, 2.45) is 0 Å². The van der Waals surface area contributed by atoms with E-state index in [1.807, 2.05) is 26.0 Å². The summed E-state index contributed by atoms with van der Waals surface area (Å²) >= 11 is 0. The first-order valence-electron chi connectivity index (χ1n) is 6.49. The SMILES string of the molecule is CC(C)=CCO[C@H]1NC(=O)[C@@H]1NC(=O)c1ccccc1. The van der Waals surface area contributed by atoms with Gasteiger partial charge in [0.15, 0.2) is 12.3 Å². The smallest absolute Gasteiger partial charge is 0.252 e. The van der Waals surface area contributed by atoms with Gasteiger partial charge in [0.2, 0.25) is 5.91 Å². The number of hydrogen-bond donors (Lipinski definition) is 2. The molecule has 0 unspecified atom stereocenters. The number of β-lactam (4-membered cyclic amide) rings is 1. The first-order valence-corrected chi connectivity index (χ1v) is 6.49. The van der Waals surface area contributed by atoms with Gasteiger partial charge in [-0.1, -0.05) is 29.8 Å². The Morgan fingerprint density at radius 1 is 1.35 bits per heavy atom. The number of carbonyl (C=O) groups excluding carboxylic acids is 2. The highest BCUT2D eigenvalue weighted by molar-refractivity contribution is 5.99. The predicted octanol–water partition coefficient (Wildman–Crippen LogP) is 1.22. The summed E-state index contributed by atoms with van der Waals surface area (Å²) in [6.07, 6.45) is 1.45. The van der Waals surface area contributed by atoms with Crippen LogP contribution in [0.1, 0.15) is 24.2 Å². The van der Waals surface area contributed by atoms with Crippen LogP contribution in [0, 0.1) is 0 Å². The predicted molar refractivity (Wildman–Crippen MR) is 75.0 cm³/mol. The lowest BCUT2D eigenvalue weighted by molar-refractivity contribution is -0.145. The molecule has 5 nitrogen and oxygen atoms in total. The summed E-state index contributed by atoms with van der Waals surface area (Å²) in [5, 5.41) is 5.29. The van der Waals surface area contributed by atoms with Crippen LogP contribution in [0.15, 0.2) is 42.0 Å². The Labute approximate surface area is 118 Å². The molecule has 1 fully saturated rings. The summed E-state index contributed by atoms with van der Waals surface area (Å²) in [6.45, 7) is 4.35. The van der Waals surface area contributed by atoms with Crippen molar-refractivity contribution in [2.75, 3.05) is 6.61 Å². The second-order valence-electron chi connectivity index (χ2n) is 4.86. The molecule has 1 heterocycles. The molecule has 2 atom stereocenters. The molecule has 1 aromatic rings. The minimum atomic E-state index is -0.631. The fraction of sp³-hybridized carbons (Fsp3) is 0.333. The Hall–Kier alpha value is -2.14. The van der Waals surface area contributed by atoms with Crippen molar-refractivity contribution in [1.29, 1.82) is 0 Å². The van der Waals surface area contributed by atoms with Gasteiger partial charge in [0.1, 0.15) is 0 Å². The number of nitrogens with one attached hydrogen (secondary N) is 2. The third kappa shape index (κ3) is 3.45. The van der Waals surface area contributed by atoms with Crippen LogP contribution in [0.3, 0.4) is 0 Å². The monoisotopic (exact) mass is 274 g/mol. The van der Waals surface area contributed by atoms with E-state index in [9.17, 15) is 9.59 Å². The molecule has 0 aromatic heterocycles. The zero-order valence-electron chi connectivity index (χ0n) is 11.6. The number of hydrogen-bond acceptors (Lipinski definition) is 3. The highest BCUT2D eigenvalue weighted by atomic mass is 16.5. The molecule has 0 bridgehead atoms. The molecule has 0 radical (unpaired) electrons. The molecule has 106 valence electrons. The molecule has 0 aliphatic carbocycles. The average Bonchev–Trinajstić information content (AvgIpc) is 2.44. The van der Waals surface area contributed by atoms with Crippen molar-refractivity contribution in [3.8, 4) is 0 Å². The minimum Gasteiger partial charge on any atom is -0.352 e. The number of ether oxygens (including phenoxy) is 1. The second-order valence-corrected chi connectivity index (χ2v) is 4.86. The molecule has 1 saturated heterocycles. The maximum Gasteiger partial charge on any atom is 0.252 e. The molecule has 1 aromatic carbocycles. The quantitative estimate of drug-likeness (QED) is 0.627. The molecular weight excluding hydrogens is 256 g/mol. The van der Waals surface area contributed by atoms with Gasteiger partial charge < -0.3 is 15.4 Å². The topological polar surface area (TPSA) is 67.4 Å². The molecule has 2 rings (SSSR count). The van der Waals surface area contributed by atoms with E-state index in [-0.39, 0.29) is 11.8 Å². The van der Waals surface area contributed by atoms with E-state index in [0.717, 1.165) is 5.57 Å². The lowest BCUT2D eigenvalue weighted by atomic mass is 10.1. The number of carbonyl (C=O) groups is 2. The molecule has 2 amide bonds. The largest absolute Gasteiger partial charge is 0.352 e. The van der Waals surface area contributed by atoms with Gasteiger partial charge in [-0.25, -0.2) is 0 Å². The van der Waals surface area contributed by atoms with Crippen LogP contribution in [-0.2, 0) is 9.53 Å². The summed E-state index contributed by atoms with van der Waals surface area (Å²) in [7, 11) is 0. The van der Waals surface area contributed by atoms with E-state index in [1.54, 1.807) is 24.3 Å². The average molecular weight is 274 g/mol. The zero-order valence-corrected chi connectivity index (χ0v) is 11.6. The van der Waals surface area contributed by atoms with Gasteiger partial charge in [0.25, 0.3) is 5.91 Å². The fourth-order valence-electron chi connectivity index (χ4n) is 1.77. The third-order valence-electron chi connectivity index (χ3n) is 2.96. The van der Waals surface area contributed by atoms with Gasteiger partial charge in [0.05, 0.1) is 6.61 Å². The maximum absolute atomic E-state index is 12.0. The van der Waals surface area contributed by atoms with Crippen molar-refractivity contribution >= 4 is 11.8 Å². The van der Waals surface area contributed by atoms with Gasteiger partial charge in [-0.3, -0.25) is 9.59 Å². The Balaban J connectivity index is 1.89. The number of amides is 2. The Morgan fingerprint density at radius 3 is 2.65 bits per heavy atom. The van der Waals surface area contributed by atoms with E-state index in [1.165, 1.54) is 0 Å². The van der Waals surface area contributed by atoms with Crippen molar-refractivity contribution in [3.63, 3.8) is 0 Å². The molecule has 0 saturated carbocycles. The Kier molecular flexibility index (Phi) is 4.53. The normalized spacial score (nSPS) is 20.6. The van der Waals surface area contributed by atoms with E-state index in [2.05, 4.69) is 10.6 Å². The summed E-state index contributed by atoms with van der Waals surface area (Å²) < 4.78 is 5.49. The van der Waals surface area contributed by atoms with Crippen molar-refractivity contribution < 1.29 is 14.3 Å². The Morgan fingerprint density at radius 2 is 2.05 bits per heavy atom. The van der Waals surface area contributed by atoms with Crippen LogP contribution in [0.25, 0.3) is 0 Å². The van der Waals surface area contributed by atoms with Crippen LogP contribution in [0.5, 0.6) is 0 Å². The summed E-state index contributed by atoms with van der Waals surface area (Å²) in [5.41, 5.74) is 1.66. The van der Waals surface area contributed by atoms with E-state index in [0.29, 0.717) is 12.2 Å². The maximum atomic E-state index is 12.0. The minimum absolute atomic E-state index is 0.225. The van der Waals surface area contributed by atoms with Gasteiger partial charge in [-0.2, -0.15) is 0 Å². The van der Waals surface area contributed by atoms with Gasteiger partial charge in [-0.05, 0) is 26.0 Å². The third-order valence-corrected chi connectivity index (χ3v) is 2.96. The molecule has 2 N–H and O–H groups in total. The van der Waals surface area contributed by atoms with Gasteiger partial charge >= 0.3 is 0 Å². The first kappa shape index (κ1) is 14.3.